The molecule has 2 N–H and O–H groups in total. The lowest BCUT2D eigenvalue weighted by molar-refractivity contribution is 0.102. The lowest BCUT2D eigenvalue weighted by Crippen LogP contribution is -2.15. The Hall–Kier alpha value is -2.58. The van der Waals surface area contributed by atoms with Crippen LogP contribution in [0, 0.1) is 0 Å². The third kappa shape index (κ3) is 2.51. The van der Waals surface area contributed by atoms with Crippen molar-refractivity contribution in [2.75, 3.05) is 17.7 Å². The highest BCUT2D eigenvalue weighted by Gasteiger charge is 2.11. The minimum absolute atomic E-state index is 0.122. The standard InChI is InChI=1S/C8H10N8O/c1-9-6-4-3-5(11-12-6)7(17)10-8-13-15-16(2)14-8/h3-4H,1-2H3,(H,9,12)(H,10,14,17). The van der Waals surface area contributed by atoms with Gasteiger partial charge in [-0.1, -0.05) is 5.10 Å². The summed E-state index contributed by atoms with van der Waals surface area (Å²) >= 11 is 0. The molecule has 0 atom stereocenters. The summed E-state index contributed by atoms with van der Waals surface area (Å²) in [5.74, 6) is 0.268. The van der Waals surface area contributed by atoms with Crippen LogP contribution in [-0.2, 0) is 7.05 Å². The average Bonchev–Trinajstić information content (AvgIpc) is 2.75. The second-order valence-corrected chi connectivity index (χ2v) is 3.11. The highest BCUT2D eigenvalue weighted by Crippen LogP contribution is 2.02. The summed E-state index contributed by atoms with van der Waals surface area (Å²) in [6, 6.07) is 3.19. The van der Waals surface area contributed by atoms with Gasteiger partial charge in [0.25, 0.3) is 11.9 Å². The van der Waals surface area contributed by atoms with Crippen LogP contribution in [0.3, 0.4) is 0 Å². The highest BCUT2D eigenvalue weighted by molar-refractivity contribution is 6.01. The van der Waals surface area contributed by atoms with Crippen molar-refractivity contribution in [3.63, 3.8) is 0 Å². The third-order valence-corrected chi connectivity index (χ3v) is 1.89. The molecule has 9 nitrogen and oxygen atoms in total. The van der Waals surface area contributed by atoms with Gasteiger partial charge in [0, 0.05) is 7.05 Å². The Morgan fingerprint density at radius 2 is 2.12 bits per heavy atom. The maximum atomic E-state index is 11.7. The smallest absolute Gasteiger partial charge is 0.278 e. The van der Waals surface area contributed by atoms with Gasteiger partial charge in [-0.05, 0) is 17.3 Å². The van der Waals surface area contributed by atoms with Crippen molar-refractivity contribution in [3.8, 4) is 0 Å². The summed E-state index contributed by atoms with van der Waals surface area (Å²) in [5, 5.41) is 23.8. The van der Waals surface area contributed by atoms with Crippen molar-refractivity contribution in [3.05, 3.63) is 17.8 Å². The van der Waals surface area contributed by atoms with Crippen LogP contribution in [0.25, 0.3) is 0 Å². The normalized spacial score (nSPS) is 10.0. The van der Waals surface area contributed by atoms with E-state index in [1.165, 1.54) is 4.80 Å². The number of nitrogens with one attached hydrogen (secondary N) is 2. The predicted molar refractivity (Wildman–Crippen MR) is 58.3 cm³/mol. The fourth-order valence-electron chi connectivity index (χ4n) is 1.09. The number of nitrogens with zero attached hydrogens (tertiary/aromatic N) is 6. The van der Waals surface area contributed by atoms with Crippen LogP contribution < -0.4 is 10.6 Å². The second kappa shape index (κ2) is 4.51. The molecule has 0 aliphatic carbocycles. The zero-order valence-electron chi connectivity index (χ0n) is 9.25. The number of carbonyl (C=O) groups excluding carboxylic acids is 1. The van der Waals surface area contributed by atoms with Crippen molar-refractivity contribution in [1.29, 1.82) is 0 Å². The molecule has 0 aromatic carbocycles. The molecule has 0 saturated heterocycles. The van der Waals surface area contributed by atoms with Gasteiger partial charge >= 0.3 is 0 Å². The molecule has 0 aliphatic rings. The number of hydrogen-bond donors (Lipinski definition) is 2. The quantitative estimate of drug-likeness (QED) is 0.721. The molecule has 2 rings (SSSR count). The van der Waals surface area contributed by atoms with Crippen molar-refractivity contribution in [2.45, 2.75) is 0 Å². The molecule has 2 aromatic heterocycles. The number of hydrogen-bond acceptors (Lipinski definition) is 7. The van der Waals surface area contributed by atoms with E-state index in [1.807, 2.05) is 0 Å². The predicted octanol–water partition coefficient (Wildman–Crippen LogP) is -0.706. The molecule has 0 bridgehead atoms. The van der Waals surface area contributed by atoms with Crippen molar-refractivity contribution >= 4 is 17.7 Å². The van der Waals surface area contributed by atoms with E-state index in [0.29, 0.717) is 5.82 Å². The average molecular weight is 234 g/mol. The van der Waals surface area contributed by atoms with Crippen LogP contribution in [-0.4, -0.2) is 43.4 Å². The molecule has 2 aromatic rings. The zero-order valence-corrected chi connectivity index (χ0v) is 9.25. The first kappa shape index (κ1) is 10.9. The molecule has 1 amide bonds. The Morgan fingerprint density at radius 3 is 2.65 bits per heavy atom. The maximum Gasteiger partial charge on any atom is 0.278 e. The summed E-state index contributed by atoms with van der Waals surface area (Å²) in [4.78, 5) is 12.9. The number of rotatable bonds is 3. The lowest BCUT2D eigenvalue weighted by Gasteiger charge is -2.00. The van der Waals surface area contributed by atoms with E-state index in [4.69, 9.17) is 0 Å². The van der Waals surface area contributed by atoms with Crippen LogP contribution in [0.5, 0.6) is 0 Å². The zero-order chi connectivity index (χ0) is 12.3. The molecule has 0 spiro atoms. The fraction of sp³-hybridized carbons (Fsp3) is 0.250. The van der Waals surface area contributed by atoms with Gasteiger partial charge in [0.2, 0.25) is 0 Å². The fourth-order valence-corrected chi connectivity index (χ4v) is 1.09. The van der Waals surface area contributed by atoms with Gasteiger partial charge in [-0.25, -0.2) is 0 Å². The van der Waals surface area contributed by atoms with Crippen LogP contribution in [0.1, 0.15) is 10.5 Å². The van der Waals surface area contributed by atoms with E-state index in [9.17, 15) is 4.79 Å². The van der Waals surface area contributed by atoms with Gasteiger partial charge in [-0.2, -0.15) is 4.80 Å². The van der Waals surface area contributed by atoms with E-state index in [2.05, 4.69) is 36.2 Å². The first-order valence-electron chi connectivity index (χ1n) is 4.76. The molecule has 0 radical (unpaired) electrons. The van der Waals surface area contributed by atoms with Gasteiger partial charge < -0.3 is 5.32 Å². The van der Waals surface area contributed by atoms with E-state index in [1.54, 1.807) is 26.2 Å². The van der Waals surface area contributed by atoms with Crippen LogP contribution in [0.15, 0.2) is 12.1 Å². The van der Waals surface area contributed by atoms with Gasteiger partial charge in [0.15, 0.2) is 5.69 Å². The summed E-state index contributed by atoms with van der Waals surface area (Å²) in [6.07, 6.45) is 0. The van der Waals surface area contributed by atoms with E-state index < -0.39 is 5.91 Å². The van der Waals surface area contributed by atoms with Gasteiger partial charge in [0.05, 0.1) is 7.05 Å². The van der Waals surface area contributed by atoms with E-state index >= 15 is 0 Å². The Bertz CT molecular complexity index is 519. The number of anilines is 2. The molecule has 0 saturated carbocycles. The molecule has 0 fully saturated rings. The topological polar surface area (TPSA) is 111 Å². The van der Waals surface area contributed by atoms with Crippen LogP contribution >= 0.6 is 0 Å². The Labute approximate surface area is 96.2 Å². The number of amides is 1. The first-order valence-corrected chi connectivity index (χ1v) is 4.76. The van der Waals surface area contributed by atoms with Crippen molar-refractivity contribution in [1.82, 2.24) is 30.4 Å². The largest absolute Gasteiger partial charge is 0.372 e. The maximum absolute atomic E-state index is 11.7. The second-order valence-electron chi connectivity index (χ2n) is 3.11. The Balaban J connectivity index is 2.09. The Morgan fingerprint density at radius 1 is 1.29 bits per heavy atom. The number of tetrazole rings is 1. The first-order chi connectivity index (χ1) is 8.19. The lowest BCUT2D eigenvalue weighted by atomic mass is 10.3. The van der Waals surface area contributed by atoms with Gasteiger partial charge in [0.1, 0.15) is 5.82 Å². The summed E-state index contributed by atoms with van der Waals surface area (Å²) in [6.45, 7) is 0. The minimum Gasteiger partial charge on any atom is -0.372 e. The SMILES string of the molecule is CNc1ccc(C(=O)Nc2nnn(C)n2)nn1. The van der Waals surface area contributed by atoms with Gasteiger partial charge in [-0.3, -0.25) is 10.1 Å². The number of carbonyl (C=O) groups is 1. The van der Waals surface area contributed by atoms with E-state index in [-0.39, 0.29) is 11.6 Å². The van der Waals surface area contributed by atoms with Crippen molar-refractivity contribution < 1.29 is 4.79 Å². The summed E-state index contributed by atoms with van der Waals surface area (Å²) in [7, 11) is 3.32. The van der Waals surface area contributed by atoms with Crippen LogP contribution in [0.4, 0.5) is 11.8 Å². The molecule has 0 aliphatic heterocycles. The molecular weight excluding hydrogens is 224 g/mol. The van der Waals surface area contributed by atoms with Gasteiger partial charge in [-0.15, -0.1) is 15.3 Å². The number of aryl methyl sites for hydroxylation is 1. The highest BCUT2D eigenvalue weighted by atomic mass is 16.2. The summed E-state index contributed by atoms with van der Waals surface area (Å²) < 4.78 is 0. The molecule has 9 heteroatoms. The van der Waals surface area contributed by atoms with Crippen LogP contribution in [0.2, 0.25) is 0 Å². The monoisotopic (exact) mass is 234 g/mol. The molecular formula is C8H10N8O. The molecule has 88 valence electrons. The summed E-state index contributed by atoms with van der Waals surface area (Å²) in [5.41, 5.74) is 0.177. The molecule has 2 heterocycles. The van der Waals surface area contributed by atoms with Crippen molar-refractivity contribution in [2.24, 2.45) is 7.05 Å². The molecule has 17 heavy (non-hydrogen) atoms. The minimum atomic E-state index is -0.437. The number of aromatic nitrogens is 6. The Kier molecular flexibility index (Phi) is 2.90. The third-order valence-electron chi connectivity index (χ3n) is 1.89. The van der Waals surface area contributed by atoms with E-state index in [0.717, 1.165) is 0 Å². The molecule has 0 unspecified atom stereocenters.